The highest BCUT2D eigenvalue weighted by Crippen LogP contribution is 2.36. The first kappa shape index (κ1) is 13.5. The van der Waals surface area contributed by atoms with Crippen molar-refractivity contribution in [2.24, 2.45) is 17.8 Å². The van der Waals surface area contributed by atoms with Crippen molar-refractivity contribution in [3.8, 4) is 0 Å². The van der Waals surface area contributed by atoms with E-state index in [1.54, 1.807) is 12.1 Å². The Morgan fingerprint density at radius 2 is 2.00 bits per heavy atom. The lowest BCUT2D eigenvalue weighted by Gasteiger charge is -2.31. The van der Waals surface area contributed by atoms with Crippen LogP contribution in [0.3, 0.4) is 0 Å². The van der Waals surface area contributed by atoms with Gasteiger partial charge in [0, 0.05) is 11.5 Å². The monoisotopic (exact) mass is 268 g/mol. The molecule has 0 radical (unpaired) electrons. The molecule has 0 heterocycles. The van der Waals surface area contributed by atoms with Crippen LogP contribution in [-0.4, -0.2) is 5.78 Å². The van der Waals surface area contributed by atoms with Gasteiger partial charge in [0.25, 0.3) is 0 Å². The summed E-state index contributed by atoms with van der Waals surface area (Å²) >= 11 is 5.88. The molecule has 1 aliphatic carbocycles. The highest BCUT2D eigenvalue weighted by atomic mass is 35.5. The van der Waals surface area contributed by atoms with E-state index >= 15 is 0 Å². The summed E-state index contributed by atoms with van der Waals surface area (Å²) in [5.41, 5.74) is 0.336. The van der Waals surface area contributed by atoms with Crippen LogP contribution < -0.4 is 0 Å². The molecular weight excluding hydrogens is 251 g/mol. The fourth-order valence-electron chi connectivity index (χ4n) is 2.70. The molecule has 1 saturated carbocycles. The molecule has 1 fully saturated rings. The summed E-state index contributed by atoms with van der Waals surface area (Å²) in [6.07, 6.45) is 2.83. The van der Waals surface area contributed by atoms with Gasteiger partial charge in [0.05, 0.1) is 5.02 Å². The molecule has 0 bridgehead atoms. The Balaban J connectivity index is 2.19. The molecule has 0 aliphatic heterocycles. The fraction of sp³-hybridized carbons (Fsp3) is 0.533. The largest absolute Gasteiger partial charge is 0.294 e. The highest BCUT2D eigenvalue weighted by Gasteiger charge is 2.30. The Hall–Kier alpha value is -0.890. The summed E-state index contributed by atoms with van der Waals surface area (Å²) in [4.78, 5) is 12.4. The SMILES string of the molecule is CC1CCC(C(=O)c2cccc(F)c2Cl)CC1C. The maximum absolute atomic E-state index is 13.4. The standard InChI is InChI=1S/C15H18ClFO/c1-9-6-7-11(8-10(9)2)15(18)12-4-3-5-13(17)14(12)16/h3-5,9-11H,6-8H2,1-2H3. The average molecular weight is 269 g/mol. The van der Waals surface area contributed by atoms with Crippen molar-refractivity contribution in [1.29, 1.82) is 0 Å². The Labute approximate surface area is 112 Å². The van der Waals surface area contributed by atoms with E-state index in [2.05, 4.69) is 13.8 Å². The summed E-state index contributed by atoms with van der Waals surface area (Å²) in [5, 5.41) is -0.0335. The molecule has 18 heavy (non-hydrogen) atoms. The maximum Gasteiger partial charge on any atom is 0.167 e. The lowest BCUT2D eigenvalue weighted by atomic mass is 9.73. The minimum atomic E-state index is -0.514. The molecule has 1 nitrogen and oxygen atoms in total. The highest BCUT2D eigenvalue weighted by molar-refractivity contribution is 6.34. The minimum Gasteiger partial charge on any atom is -0.294 e. The van der Waals surface area contributed by atoms with E-state index in [0.29, 0.717) is 17.4 Å². The van der Waals surface area contributed by atoms with Gasteiger partial charge < -0.3 is 0 Å². The normalized spacial score (nSPS) is 28.1. The summed E-state index contributed by atoms with van der Waals surface area (Å²) in [5.74, 6) is 0.686. The van der Waals surface area contributed by atoms with Gasteiger partial charge >= 0.3 is 0 Å². The van der Waals surface area contributed by atoms with E-state index in [-0.39, 0.29) is 16.7 Å². The van der Waals surface area contributed by atoms with Crippen LogP contribution in [-0.2, 0) is 0 Å². The number of carbonyl (C=O) groups excluding carboxylic acids is 1. The molecule has 0 spiro atoms. The Morgan fingerprint density at radius 1 is 1.28 bits per heavy atom. The van der Waals surface area contributed by atoms with Crippen molar-refractivity contribution in [2.75, 3.05) is 0 Å². The van der Waals surface area contributed by atoms with Gasteiger partial charge in [-0.25, -0.2) is 4.39 Å². The van der Waals surface area contributed by atoms with E-state index in [1.807, 2.05) is 0 Å². The predicted molar refractivity (Wildman–Crippen MR) is 71.4 cm³/mol. The summed E-state index contributed by atoms with van der Waals surface area (Å²) in [7, 11) is 0. The van der Waals surface area contributed by atoms with Crippen LogP contribution in [0.5, 0.6) is 0 Å². The second-order valence-electron chi connectivity index (χ2n) is 5.43. The van der Waals surface area contributed by atoms with Crippen molar-refractivity contribution >= 4 is 17.4 Å². The maximum atomic E-state index is 13.4. The first-order valence-corrected chi connectivity index (χ1v) is 6.86. The smallest absolute Gasteiger partial charge is 0.167 e. The number of halogens is 2. The molecule has 0 aromatic heterocycles. The van der Waals surface area contributed by atoms with Crippen molar-refractivity contribution < 1.29 is 9.18 Å². The zero-order valence-electron chi connectivity index (χ0n) is 10.7. The van der Waals surface area contributed by atoms with Crippen LogP contribution >= 0.6 is 11.6 Å². The minimum absolute atomic E-state index is 0.00162. The fourth-order valence-corrected chi connectivity index (χ4v) is 2.92. The van der Waals surface area contributed by atoms with E-state index in [4.69, 9.17) is 11.6 Å². The summed E-state index contributed by atoms with van der Waals surface area (Å²) < 4.78 is 13.4. The zero-order chi connectivity index (χ0) is 13.3. The second-order valence-corrected chi connectivity index (χ2v) is 5.81. The van der Waals surface area contributed by atoms with Crippen LogP contribution in [0.25, 0.3) is 0 Å². The number of hydrogen-bond donors (Lipinski definition) is 0. The lowest BCUT2D eigenvalue weighted by molar-refractivity contribution is 0.0837. The van der Waals surface area contributed by atoms with Gasteiger partial charge in [-0.2, -0.15) is 0 Å². The Kier molecular flexibility index (Phi) is 4.06. The second kappa shape index (κ2) is 5.40. The van der Waals surface area contributed by atoms with Gasteiger partial charge in [0.15, 0.2) is 5.78 Å². The average Bonchev–Trinajstić information content (AvgIpc) is 2.35. The number of rotatable bonds is 2. The van der Waals surface area contributed by atoms with Gasteiger partial charge in [-0.05, 0) is 43.2 Å². The van der Waals surface area contributed by atoms with E-state index in [1.165, 1.54) is 6.07 Å². The van der Waals surface area contributed by atoms with Crippen molar-refractivity contribution in [2.45, 2.75) is 33.1 Å². The molecule has 1 aromatic rings. The molecule has 2 rings (SSSR count). The van der Waals surface area contributed by atoms with Gasteiger partial charge in [0.2, 0.25) is 0 Å². The Morgan fingerprint density at radius 3 is 2.67 bits per heavy atom. The third kappa shape index (κ3) is 2.59. The van der Waals surface area contributed by atoms with Crippen LogP contribution in [0.1, 0.15) is 43.5 Å². The lowest BCUT2D eigenvalue weighted by Crippen LogP contribution is -2.26. The molecule has 3 atom stereocenters. The molecule has 3 unspecified atom stereocenters. The zero-order valence-corrected chi connectivity index (χ0v) is 11.5. The summed E-state index contributed by atoms with van der Waals surface area (Å²) in [6, 6.07) is 4.45. The third-order valence-electron chi connectivity index (χ3n) is 4.19. The molecule has 0 N–H and O–H groups in total. The van der Waals surface area contributed by atoms with Crippen LogP contribution in [0.15, 0.2) is 18.2 Å². The molecular formula is C15H18ClFO. The van der Waals surface area contributed by atoms with Crippen molar-refractivity contribution in [3.63, 3.8) is 0 Å². The van der Waals surface area contributed by atoms with Crippen LogP contribution in [0, 0.1) is 23.6 Å². The van der Waals surface area contributed by atoms with Gasteiger partial charge in [0.1, 0.15) is 5.82 Å². The van der Waals surface area contributed by atoms with Crippen LogP contribution in [0.4, 0.5) is 4.39 Å². The number of Topliss-reactive ketones (excluding diaryl/α,β-unsaturated/α-hetero) is 1. The quantitative estimate of drug-likeness (QED) is 0.709. The predicted octanol–water partition coefficient (Wildman–Crippen LogP) is 4.73. The van der Waals surface area contributed by atoms with Crippen LogP contribution in [0.2, 0.25) is 5.02 Å². The van der Waals surface area contributed by atoms with E-state index in [9.17, 15) is 9.18 Å². The number of ketones is 1. The van der Waals surface area contributed by atoms with Gasteiger partial charge in [-0.1, -0.05) is 31.5 Å². The molecule has 0 saturated heterocycles. The molecule has 1 aliphatic rings. The Bertz CT molecular complexity index is 458. The first-order valence-electron chi connectivity index (χ1n) is 6.49. The van der Waals surface area contributed by atoms with E-state index < -0.39 is 5.82 Å². The molecule has 98 valence electrons. The molecule has 1 aromatic carbocycles. The molecule has 0 amide bonds. The van der Waals surface area contributed by atoms with Gasteiger partial charge in [-0.3, -0.25) is 4.79 Å². The van der Waals surface area contributed by atoms with Gasteiger partial charge in [-0.15, -0.1) is 0 Å². The molecule has 3 heteroatoms. The number of benzene rings is 1. The van der Waals surface area contributed by atoms with E-state index in [0.717, 1.165) is 19.3 Å². The summed E-state index contributed by atoms with van der Waals surface area (Å²) in [6.45, 7) is 4.40. The topological polar surface area (TPSA) is 17.1 Å². The number of hydrogen-bond acceptors (Lipinski definition) is 1. The number of carbonyl (C=O) groups is 1. The van der Waals surface area contributed by atoms with Crippen molar-refractivity contribution in [3.05, 3.63) is 34.6 Å². The van der Waals surface area contributed by atoms with Crippen molar-refractivity contribution in [1.82, 2.24) is 0 Å². The first-order chi connectivity index (χ1) is 8.50. The third-order valence-corrected chi connectivity index (χ3v) is 4.57.